The summed E-state index contributed by atoms with van der Waals surface area (Å²) in [7, 11) is 0. The van der Waals surface area contributed by atoms with Crippen LogP contribution < -0.4 is 5.32 Å². The molecule has 2 unspecified atom stereocenters. The molecule has 1 aliphatic carbocycles. The van der Waals surface area contributed by atoms with Crippen LogP contribution in [0, 0.1) is 6.92 Å². The quantitative estimate of drug-likeness (QED) is 0.924. The highest BCUT2D eigenvalue weighted by atomic mass is 14.9. The Labute approximate surface area is 120 Å². The van der Waals surface area contributed by atoms with Gasteiger partial charge in [-0.2, -0.15) is 0 Å². The zero-order valence-corrected chi connectivity index (χ0v) is 12.1. The molecule has 0 aromatic carbocycles. The monoisotopic (exact) mass is 267 g/mol. The Hall–Kier alpha value is -1.74. The summed E-state index contributed by atoms with van der Waals surface area (Å²) in [5.74, 6) is 0.465. The summed E-state index contributed by atoms with van der Waals surface area (Å²) in [6.07, 6.45) is 8.07. The first-order valence-corrected chi connectivity index (χ1v) is 7.39. The van der Waals surface area contributed by atoms with Gasteiger partial charge in [-0.25, -0.2) is 0 Å². The molecule has 3 rings (SSSR count). The summed E-state index contributed by atoms with van der Waals surface area (Å²) in [5.41, 5.74) is 5.29. The van der Waals surface area contributed by atoms with Crippen LogP contribution in [-0.2, 0) is 6.42 Å². The van der Waals surface area contributed by atoms with Crippen LogP contribution in [0.25, 0.3) is 0 Å². The molecule has 0 aliphatic heterocycles. The average Bonchev–Trinajstić information content (AvgIpc) is 2.90. The summed E-state index contributed by atoms with van der Waals surface area (Å²) in [6.45, 7) is 5.27. The van der Waals surface area contributed by atoms with Crippen LogP contribution >= 0.6 is 0 Å². The minimum absolute atomic E-state index is 0.333. The second-order valence-electron chi connectivity index (χ2n) is 5.46. The van der Waals surface area contributed by atoms with Crippen molar-refractivity contribution in [2.24, 2.45) is 0 Å². The molecule has 0 amide bonds. The number of fused-ring (bicyclic) bond motifs is 1. The normalized spacial score (nSPS) is 18.8. The number of hydrogen-bond donors (Lipinski definition) is 1. The number of likely N-dealkylation sites (N-methyl/N-ethyl adjacent to an activating group) is 1. The molecule has 2 atom stereocenters. The fraction of sp³-hybridized carbons (Fsp3) is 0.412. The molecule has 104 valence electrons. The number of hydrogen-bond acceptors (Lipinski definition) is 3. The van der Waals surface area contributed by atoms with Gasteiger partial charge < -0.3 is 5.32 Å². The molecule has 0 spiro atoms. The van der Waals surface area contributed by atoms with Crippen molar-refractivity contribution in [3.05, 3.63) is 59.2 Å². The van der Waals surface area contributed by atoms with Crippen LogP contribution in [0.5, 0.6) is 0 Å². The molecule has 0 bridgehead atoms. The van der Waals surface area contributed by atoms with Gasteiger partial charge in [0.05, 0.1) is 0 Å². The minimum Gasteiger partial charge on any atom is -0.310 e. The van der Waals surface area contributed by atoms with Gasteiger partial charge in [-0.1, -0.05) is 13.0 Å². The molecule has 1 N–H and O–H groups in total. The summed E-state index contributed by atoms with van der Waals surface area (Å²) in [5, 5.41) is 3.65. The first kappa shape index (κ1) is 13.3. The van der Waals surface area contributed by atoms with E-state index in [1.165, 1.54) is 28.8 Å². The molecule has 3 nitrogen and oxygen atoms in total. The maximum Gasteiger partial charge on any atom is 0.0485 e. The second-order valence-corrected chi connectivity index (χ2v) is 5.46. The highest BCUT2D eigenvalue weighted by Gasteiger charge is 2.32. The number of pyridine rings is 2. The topological polar surface area (TPSA) is 37.8 Å². The van der Waals surface area contributed by atoms with E-state index < -0.39 is 0 Å². The van der Waals surface area contributed by atoms with E-state index in [2.05, 4.69) is 41.3 Å². The van der Waals surface area contributed by atoms with E-state index in [4.69, 9.17) is 0 Å². The first-order chi connectivity index (χ1) is 9.81. The maximum absolute atomic E-state index is 4.64. The van der Waals surface area contributed by atoms with Gasteiger partial charge in [0.25, 0.3) is 0 Å². The lowest BCUT2D eigenvalue weighted by atomic mass is 9.89. The van der Waals surface area contributed by atoms with Crippen LogP contribution in [0.4, 0.5) is 0 Å². The largest absolute Gasteiger partial charge is 0.310 e. The third-order valence-corrected chi connectivity index (χ3v) is 4.23. The molecule has 2 heterocycles. The second kappa shape index (κ2) is 5.71. The molecule has 2 aromatic rings. The third kappa shape index (κ3) is 2.34. The molecule has 0 fully saturated rings. The summed E-state index contributed by atoms with van der Waals surface area (Å²) in [4.78, 5) is 8.86. The highest BCUT2D eigenvalue weighted by molar-refractivity contribution is 5.35. The van der Waals surface area contributed by atoms with Gasteiger partial charge in [0, 0.05) is 36.2 Å². The van der Waals surface area contributed by atoms with Crippen molar-refractivity contribution in [1.29, 1.82) is 0 Å². The van der Waals surface area contributed by atoms with E-state index in [-0.39, 0.29) is 0 Å². The zero-order chi connectivity index (χ0) is 13.9. The number of nitrogens with one attached hydrogen (secondary N) is 1. The Morgan fingerprint density at radius 2 is 2.25 bits per heavy atom. The molecule has 0 radical (unpaired) electrons. The summed E-state index contributed by atoms with van der Waals surface area (Å²) in [6, 6.07) is 6.73. The molecule has 2 aromatic heterocycles. The Balaban J connectivity index is 1.99. The van der Waals surface area contributed by atoms with E-state index in [9.17, 15) is 0 Å². The van der Waals surface area contributed by atoms with Gasteiger partial charge in [-0.05, 0) is 55.1 Å². The number of nitrogens with zero attached hydrogens (tertiary/aromatic N) is 2. The zero-order valence-electron chi connectivity index (χ0n) is 12.1. The lowest BCUT2D eigenvalue weighted by Crippen LogP contribution is -2.27. The molecule has 0 saturated heterocycles. The van der Waals surface area contributed by atoms with E-state index >= 15 is 0 Å². The van der Waals surface area contributed by atoms with Crippen molar-refractivity contribution >= 4 is 0 Å². The Morgan fingerprint density at radius 1 is 1.35 bits per heavy atom. The van der Waals surface area contributed by atoms with E-state index in [0.717, 1.165) is 13.0 Å². The third-order valence-electron chi connectivity index (χ3n) is 4.23. The molecule has 0 saturated carbocycles. The van der Waals surface area contributed by atoms with Crippen LogP contribution in [0.15, 0.2) is 36.8 Å². The van der Waals surface area contributed by atoms with E-state index in [1.807, 2.05) is 24.7 Å². The average molecular weight is 267 g/mol. The molecule has 3 heteroatoms. The lowest BCUT2D eigenvalue weighted by molar-refractivity contribution is 0.445. The van der Waals surface area contributed by atoms with Crippen molar-refractivity contribution in [2.75, 3.05) is 6.54 Å². The van der Waals surface area contributed by atoms with Gasteiger partial charge in [-0.15, -0.1) is 0 Å². The van der Waals surface area contributed by atoms with Crippen molar-refractivity contribution in [3.63, 3.8) is 0 Å². The minimum atomic E-state index is 0.333. The molecular formula is C17H21N3. The van der Waals surface area contributed by atoms with Gasteiger partial charge in [0.2, 0.25) is 0 Å². The van der Waals surface area contributed by atoms with Crippen molar-refractivity contribution in [3.8, 4) is 0 Å². The number of aromatic nitrogens is 2. The van der Waals surface area contributed by atoms with Gasteiger partial charge in [0.15, 0.2) is 0 Å². The first-order valence-electron chi connectivity index (χ1n) is 7.39. The SMILES string of the molecule is CCNC(c1ccncc1C)C1CCc2cccnc21. The number of rotatable bonds is 4. The van der Waals surface area contributed by atoms with Crippen molar-refractivity contribution in [2.45, 2.75) is 38.6 Å². The van der Waals surface area contributed by atoms with Crippen LogP contribution in [0.1, 0.15) is 47.7 Å². The van der Waals surface area contributed by atoms with Crippen LogP contribution in [-0.4, -0.2) is 16.5 Å². The van der Waals surface area contributed by atoms with Gasteiger partial charge >= 0.3 is 0 Å². The van der Waals surface area contributed by atoms with Crippen LogP contribution in [0.3, 0.4) is 0 Å². The summed E-state index contributed by atoms with van der Waals surface area (Å²) < 4.78 is 0. The van der Waals surface area contributed by atoms with Crippen LogP contribution in [0.2, 0.25) is 0 Å². The Morgan fingerprint density at radius 3 is 3.05 bits per heavy atom. The highest BCUT2D eigenvalue weighted by Crippen LogP contribution is 2.40. The lowest BCUT2D eigenvalue weighted by Gasteiger charge is -2.26. The van der Waals surface area contributed by atoms with Gasteiger partial charge in [-0.3, -0.25) is 9.97 Å². The maximum atomic E-state index is 4.64. The molecule has 1 aliphatic rings. The van der Waals surface area contributed by atoms with Crippen molar-refractivity contribution in [1.82, 2.24) is 15.3 Å². The Kier molecular flexibility index (Phi) is 3.79. The predicted molar refractivity (Wildman–Crippen MR) is 80.7 cm³/mol. The van der Waals surface area contributed by atoms with E-state index in [1.54, 1.807) is 0 Å². The standard InChI is InChI=1S/C17H21N3/c1-3-19-17(14-8-10-18-11-12(14)2)15-7-6-13-5-4-9-20-16(13)15/h4-5,8-11,15,17,19H,3,6-7H2,1-2H3. The fourth-order valence-corrected chi connectivity index (χ4v) is 3.29. The smallest absolute Gasteiger partial charge is 0.0485 e. The predicted octanol–water partition coefficient (Wildman–Crippen LogP) is 3.17. The van der Waals surface area contributed by atoms with E-state index in [0.29, 0.717) is 12.0 Å². The molecule has 20 heavy (non-hydrogen) atoms. The van der Waals surface area contributed by atoms with Crippen molar-refractivity contribution < 1.29 is 0 Å². The fourth-order valence-electron chi connectivity index (χ4n) is 3.29. The summed E-state index contributed by atoms with van der Waals surface area (Å²) >= 11 is 0. The Bertz CT molecular complexity index is 594. The number of aryl methyl sites for hydroxylation is 2. The van der Waals surface area contributed by atoms with Gasteiger partial charge in [0.1, 0.15) is 0 Å². The molecular weight excluding hydrogens is 246 g/mol.